The lowest BCUT2D eigenvalue weighted by molar-refractivity contribution is 0.00780. The number of aliphatic hydroxyl groups is 2. The topological polar surface area (TPSA) is 97.8 Å². The molecule has 2 atom stereocenters. The fourth-order valence-corrected chi connectivity index (χ4v) is 3.30. The van der Waals surface area contributed by atoms with E-state index in [1.807, 2.05) is 36.4 Å². The summed E-state index contributed by atoms with van der Waals surface area (Å²) in [7, 11) is 0. The molecule has 24 heavy (non-hydrogen) atoms. The summed E-state index contributed by atoms with van der Waals surface area (Å²) in [4.78, 5) is 14.7. The third-order valence-corrected chi connectivity index (χ3v) is 4.77. The molecule has 4 N–H and O–H groups in total. The number of fused-ring (bicyclic) bond motifs is 2. The summed E-state index contributed by atoms with van der Waals surface area (Å²) >= 11 is 6.78. The second kappa shape index (κ2) is 5.96. The number of hydrogen-bond donors (Lipinski definition) is 4. The average molecular weight is 452 g/mol. The predicted octanol–water partition coefficient (Wildman–Crippen LogP) is 3.73. The zero-order chi connectivity index (χ0) is 16.8. The maximum Gasteiger partial charge on any atom is 0.145 e. The molecule has 4 rings (SSSR count). The first-order valence-electron chi connectivity index (χ1n) is 7.18. The van der Waals surface area contributed by atoms with Crippen LogP contribution in [0.2, 0.25) is 0 Å². The number of aromatic nitrogens is 4. The Balaban J connectivity index is 1.69. The molecule has 2 aromatic heterocycles. The van der Waals surface area contributed by atoms with Crippen LogP contribution in [-0.4, -0.2) is 30.1 Å². The Bertz CT molecular complexity index is 959. The molecule has 8 heteroatoms. The normalized spacial score (nSPS) is 14.3. The van der Waals surface area contributed by atoms with E-state index in [2.05, 4.69) is 51.8 Å². The molecule has 4 aromatic rings. The summed E-state index contributed by atoms with van der Waals surface area (Å²) < 4.78 is 1.81. The number of halogens is 2. The molecule has 6 nitrogen and oxygen atoms in total. The van der Waals surface area contributed by atoms with E-state index in [-0.39, 0.29) is 11.6 Å². The Morgan fingerprint density at radius 1 is 0.750 bits per heavy atom. The van der Waals surface area contributed by atoms with Crippen LogP contribution in [-0.2, 0) is 0 Å². The third kappa shape index (κ3) is 2.75. The minimum Gasteiger partial charge on any atom is -0.382 e. The zero-order valence-electron chi connectivity index (χ0n) is 12.2. The minimum absolute atomic E-state index is 0.289. The largest absolute Gasteiger partial charge is 0.382 e. The molecule has 0 saturated heterocycles. The minimum atomic E-state index is -1.22. The quantitative estimate of drug-likeness (QED) is 0.381. The van der Waals surface area contributed by atoms with Crippen molar-refractivity contribution < 1.29 is 10.2 Å². The van der Waals surface area contributed by atoms with E-state index in [1.54, 1.807) is 0 Å². The van der Waals surface area contributed by atoms with Crippen molar-refractivity contribution in [3.63, 3.8) is 0 Å². The molecule has 2 heterocycles. The van der Waals surface area contributed by atoms with Crippen molar-refractivity contribution in [2.75, 3.05) is 0 Å². The van der Waals surface area contributed by atoms with Crippen LogP contribution in [0.4, 0.5) is 0 Å². The van der Waals surface area contributed by atoms with Gasteiger partial charge in [-0.2, -0.15) is 0 Å². The van der Waals surface area contributed by atoms with Crippen LogP contribution in [0.1, 0.15) is 23.9 Å². The predicted molar refractivity (Wildman–Crippen MR) is 97.5 cm³/mol. The van der Waals surface area contributed by atoms with Crippen molar-refractivity contribution in [1.29, 1.82) is 0 Å². The Morgan fingerprint density at radius 3 is 1.58 bits per heavy atom. The molecule has 0 aliphatic rings. The van der Waals surface area contributed by atoms with Crippen LogP contribution in [0.25, 0.3) is 22.1 Å². The smallest absolute Gasteiger partial charge is 0.145 e. The highest BCUT2D eigenvalue weighted by molar-refractivity contribution is 9.10. The van der Waals surface area contributed by atoms with Crippen molar-refractivity contribution in [3.05, 3.63) is 57.0 Å². The number of nitrogens with zero attached hydrogens (tertiary/aromatic N) is 2. The number of aromatic amines is 2. The zero-order valence-corrected chi connectivity index (χ0v) is 15.3. The summed E-state index contributed by atoms with van der Waals surface area (Å²) in [6.07, 6.45) is -2.44. The maximum absolute atomic E-state index is 10.5. The van der Waals surface area contributed by atoms with Gasteiger partial charge < -0.3 is 20.2 Å². The molecule has 0 bridgehead atoms. The highest BCUT2D eigenvalue weighted by Crippen LogP contribution is 2.29. The van der Waals surface area contributed by atoms with Crippen LogP contribution in [0.3, 0.4) is 0 Å². The summed E-state index contributed by atoms with van der Waals surface area (Å²) in [5, 5.41) is 20.9. The first-order valence-corrected chi connectivity index (χ1v) is 8.76. The molecule has 0 aliphatic carbocycles. The summed E-state index contributed by atoms with van der Waals surface area (Å²) in [6.45, 7) is 0. The SMILES string of the molecule is O[C@H](c1nc2ccc(Br)cc2[nH]1)[C@@H](O)c1nc2ccc(Br)cc2[nH]1. The summed E-state index contributed by atoms with van der Waals surface area (Å²) in [5.41, 5.74) is 2.99. The Morgan fingerprint density at radius 2 is 1.17 bits per heavy atom. The van der Waals surface area contributed by atoms with Crippen LogP contribution in [0.15, 0.2) is 45.3 Å². The van der Waals surface area contributed by atoms with Gasteiger partial charge in [0.2, 0.25) is 0 Å². The van der Waals surface area contributed by atoms with Gasteiger partial charge in [0.25, 0.3) is 0 Å². The van der Waals surface area contributed by atoms with Crippen molar-refractivity contribution in [2.24, 2.45) is 0 Å². The van der Waals surface area contributed by atoms with Crippen molar-refractivity contribution in [3.8, 4) is 0 Å². The van der Waals surface area contributed by atoms with Gasteiger partial charge >= 0.3 is 0 Å². The summed E-state index contributed by atoms with van der Waals surface area (Å²) in [6, 6.07) is 11.1. The number of nitrogens with one attached hydrogen (secondary N) is 2. The Hall–Kier alpha value is -1.74. The fourth-order valence-electron chi connectivity index (χ4n) is 2.58. The van der Waals surface area contributed by atoms with E-state index in [0.717, 1.165) is 20.0 Å². The third-order valence-electron chi connectivity index (χ3n) is 3.78. The number of rotatable bonds is 3. The molecular formula is C16H12Br2N4O2. The van der Waals surface area contributed by atoms with Crippen LogP contribution in [0.5, 0.6) is 0 Å². The van der Waals surface area contributed by atoms with E-state index in [9.17, 15) is 10.2 Å². The van der Waals surface area contributed by atoms with Crippen LogP contribution in [0, 0.1) is 0 Å². The second-order valence-electron chi connectivity index (χ2n) is 5.46. The molecule has 0 fully saturated rings. The first-order chi connectivity index (χ1) is 11.5. The number of benzene rings is 2. The van der Waals surface area contributed by atoms with Gasteiger partial charge in [-0.05, 0) is 36.4 Å². The van der Waals surface area contributed by atoms with Gasteiger partial charge in [0.1, 0.15) is 23.9 Å². The fraction of sp³-hybridized carbons (Fsp3) is 0.125. The van der Waals surface area contributed by atoms with Gasteiger partial charge in [-0.1, -0.05) is 31.9 Å². The number of imidazole rings is 2. The molecule has 122 valence electrons. The van der Waals surface area contributed by atoms with E-state index in [4.69, 9.17) is 0 Å². The number of aliphatic hydroxyl groups excluding tert-OH is 2. The standard InChI is InChI=1S/C16H12Br2N4O2/c17-7-1-3-9-11(5-7)21-15(19-9)13(23)14(24)16-20-10-4-2-8(18)6-12(10)22-16/h1-6,13-14,23-24H,(H,19,21)(H,20,22)/t13-,14+. The Labute approximate surface area is 153 Å². The lowest BCUT2D eigenvalue weighted by Gasteiger charge is -2.13. The van der Waals surface area contributed by atoms with Gasteiger partial charge in [0, 0.05) is 8.95 Å². The molecule has 0 aliphatic heterocycles. The van der Waals surface area contributed by atoms with Crippen molar-refractivity contribution in [2.45, 2.75) is 12.2 Å². The van der Waals surface area contributed by atoms with E-state index >= 15 is 0 Å². The average Bonchev–Trinajstić information content (AvgIpc) is 3.16. The molecule has 2 aromatic carbocycles. The lowest BCUT2D eigenvalue weighted by Crippen LogP contribution is -2.13. The first kappa shape index (κ1) is 15.8. The molecule has 0 radical (unpaired) electrons. The van der Waals surface area contributed by atoms with Crippen molar-refractivity contribution >= 4 is 53.9 Å². The van der Waals surface area contributed by atoms with Crippen LogP contribution >= 0.6 is 31.9 Å². The van der Waals surface area contributed by atoms with Gasteiger partial charge in [0.05, 0.1) is 22.1 Å². The maximum atomic E-state index is 10.5. The molecule has 0 unspecified atom stereocenters. The van der Waals surface area contributed by atoms with Crippen LogP contribution < -0.4 is 0 Å². The van der Waals surface area contributed by atoms with Crippen molar-refractivity contribution in [1.82, 2.24) is 19.9 Å². The second-order valence-corrected chi connectivity index (χ2v) is 7.29. The summed E-state index contributed by atoms with van der Waals surface area (Å²) in [5.74, 6) is 0.578. The highest BCUT2D eigenvalue weighted by atomic mass is 79.9. The van der Waals surface area contributed by atoms with E-state index < -0.39 is 12.2 Å². The molecule has 0 amide bonds. The highest BCUT2D eigenvalue weighted by Gasteiger charge is 2.26. The van der Waals surface area contributed by atoms with Gasteiger partial charge in [-0.3, -0.25) is 0 Å². The molecular weight excluding hydrogens is 440 g/mol. The number of hydrogen-bond acceptors (Lipinski definition) is 4. The lowest BCUT2D eigenvalue weighted by atomic mass is 10.2. The number of H-pyrrole nitrogens is 2. The monoisotopic (exact) mass is 450 g/mol. The van der Waals surface area contributed by atoms with Gasteiger partial charge in [-0.25, -0.2) is 9.97 Å². The van der Waals surface area contributed by atoms with Gasteiger partial charge in [0.15, 0.2) is 0 Å². The molecule has 0 spiro atoms. The van der Waals surface area contributed by atoms with Gasteiger partial charge in [-0.15, -0.1) is 0 Å². The molecule has 0 saturated carbocycles. The van der Waals surface area contributed by atoms with E-state index in [0.29, 0.717) is 11.0 Å². The van der Waals surface area contributed by atoms with E-state index in [1.165, 1.54) is 0 Å². The Kier molecular flexibility index (Phi) is 3.92.